The first-order valence-corrected chi connectivity index (χ1v) is 9.47. The minimum absolute atomic E-state index is 0. The maximum Gasteiger partial charge on any atom is 0.126 e. The first-order chi connectivity index (χ1) is 13.1. The zero-order chi connectivity index (χ0) is 19.1. The van der Waals surface area contributed by atoms with Crippen LogP contribution in [0.5, 0.6) is 5.75 Å². The molecule has 3 aromatic carbocycles. The molecule has 0 aromatic heterocycles. The van der Waals surface area contributed by atoms with Crippen molar-refractivity contribution in [1.82, 2.24) is 5.32 Å². The fourth-order valence-corrected chi connectivity index (χ4v) is 3.17. The number of ether oxygens (including phenoxy) is 1. The molecular formula is C22H21Cl3FNO. The van der Waals surface area contributed by atoms with Gasteiger partial charge in [-0.1, -0.05) is 59.6 Å². The second kappa shape index (κ2) is 11.3. The third-order valence-electron chi connectivity index (χ3n) is 4.17. The molecule has 0 spiro atoms. The van der Waals surface area contributed by atoms with Crippen LogP contribution in [0.15, 0.2) is 66.7 Å². The van der Waals surface area contributed by atoms with Gasteiger partial charge in [0, 0.05) is 22.2 Å². The van der Waals surface area contributed by atoms with Crippen molar-refractivity contribution in [2.45, 2.75) is 19.6 Å². The highest BCUT2D eigenvalue weighted by atomic mass is 35.5. The van der Waals surface area contributed by atoms with Gasteiger partial charge in [0.1, 0.15) is 18.2 Å². The van der Waals surface area contributed by atoms with Crippen LogP contribution in [0.1, 0.15) is 16.7 Å². The van der Waals surface area contributed by atoms with E-state index < -0.39 is 0 Å². The van der Waals surface area contributed by atoms with E-state index in [1.807, 2.05) is 42.5 Å². The highest BCUT2D eigenvalue weighted by Gasteiger charge is 2.04. The summed E-state index contributed by atoms with van der Waals surface area (Å²) in [5.74, 6) is 0.616. The maximum absolute atomic E-state index is 13.6. The maximum atomic E-state index is 13.6. The van der Waals surface area contributed by atoms with E-state index in [1.165, 1.54) is 6.07 Å². The van der Waals surface area contributed by atoms with Gasteiger partial charge >= 0.3 is 0 Å². The quantitative estimate of drug-likeness (QED) is 0.406. The fraction of sp³-hybridized carbons (Fsp3) is 0.182. The fourth-order valence-electron chi connectivity index (χ4n) is 2.70. The van der Waals surface area contributed by atoms with Crippen molar-refractivity contribution in [2.24, 2.45) is 0 Å². The average molecular weight is 441 g/mol. The number of nitrogens with one attached hydrogen (secondary N) is 1. The van der Waals surface area contributed by atoms with Gasteiger partial charge in [-0.15, -0.1) is 12.4 Å². The predicted molar refractivity (Wildman–Crippen MR) is 116 cm³/mol. The monoisotopic (exact) mass is 439 g/mol. The largest absolute Gasteiger partial charge is 0.489 e. The van der Waals surface area contributed by atoms with E-state index in [1.54, 1.807) is 18.2 Å². The molecule has 0 aliphatic heterocycles. The predicted octanol–water partition coefficient (Wildman–Crippen LogP) is 6.47. The summed E-state index contributed by atoms with van der Waals surface area (Å²) >= 11 is 12.1. The van der Waals surface area contributed by atoms with Gasteiger partial charge in [0.2, 0.25) is 0 Å². The highest BCUT2D eigenvalue weighted by Crippen LogP contribution is 2.23. The standard InChI is InChI=1S/C22H20Cl2FNO.ClH/c23-19-9-8-18(21(24)13-19)15-27-20-6-3-4-16(12-20)14-26-11-10-17-5-1-2-7-22(17)25;/h1-9,12-13,26H,10-11,14-15H2;1H. The van der Waals surface area contributed by atoms with Crippen LogP contribution in [0.2, 0.25) is 10.0 Å². The minimum atomic E-state index is -0.157. The van der Waals surface area contributed by atoms with E-state index in [2.05, 4.69) is 5.32 Å². The number of hydrogen-bond acceptors (Lipinski definition) is 2. The molecular weight excluding hydrogens is 420 g/mol. The Morgan fingerprint density at radius 2 is 1.71 bits per heavy atom. The summed E-state index contributed by atoms with van der Waals surface area (Å²) in [5.41, 5.74) is 2.71. The Hall–Kier alpha value is -1.78. The van der Waals surface area contributed by atoms with Crippen molar-refractivity contribution >= 4 is 35.6 Å². The van der Waals surface area contributed by atoms with Crippen molar-refractivity contribution in [3.8, 4) is 5.75 Å². The van der Waals surface area contributed by atoms with Crippen molar-refractivity contribution in [1.29, 1.82) is 0 Å². The van der Waals surface area contributed by atoms with Crippen LogP contribution in [-0.4, -0.2) is 6.54 Å². The molecule has 0 aliphatic rings. The molecule has 0 heterocycles. The van der Waals surface area contributed by atoms with Crippen LogP contribution in [0.25, 0.3) is 0 Å². The SMILES string of the molecule is Cl.Fc1ccccc1CCNCc1cccc(OCc2ccc(Cl)cc2Cl)c1. The Balaban J connectivity index is 0.00000280. The molecule has 0 atom stereocenters. The van der Waals surface area contributed by atoms with Gasteiger partial charge in [0.05, 0.1) is 0 Å². The molecule has 0 amide bonds. The molecule has 0 radical (unpaired) electrons. The Morgan fingerprint density at radius 1 is 0.893 bits per heavy atom. The van der Waals surface area contributed by atoms with E-state index in [0.717, 1.165) is 22.4 Å². The first-order valence-electron chi connectivity index (χ1n) is 8.71. The number of rotatable bonds is 8. The summed E-state index contributed by atoms with van der Waals surface area (Å²) in [6.07, 6.45) is 0.651. The van der Waals surface area contributed by atoms with Gasteiger partial charge in [-0.25, -0.2) is 4.39 Å². The summed E-state index contributed by atoms with van der Waals surface area (Å²) in [7, 11) is 0. The van der Waals surface area contributed by atoms with E-state index in [4.69, 9.17) is 27.9 Å². The molecule has 0 saturated carbocycles. The molecule has 0 saturated heterocycles. The van der Waals surface area contributed by atoms with E-state index in [0.29, 0.717) is 36.2 Å². The molecule has 148 valence electrons. The Morgan fingerprint density at radius 3 is 2.50 bits per heavy atom. The van der Waals surface area contributed by atoms with Gasteiger partial charge in [-0.05, 0) is 54.4 Å². The molecule has 0 bridgehead atoms. The molecule has 0 aliphatic carbocycles. The molecule has 0 fully saturated rings. The topological polar surface area (TPSA) is 21.3 Å². The molecule has 3 rings (SSSR count). The van der Waals surface area contributed by atoms with Crippen LogP contribution in [0, 0.1) is 5.82 Å². The van der Waals surface area contributed by atoms with Crippen LogP contribution in [0.3, 0.4) is 0 Å². The first kappa shape index (κ1) is 22.5. The van der Waals surface area contributed by atoms with Crippen LogP contribution >= 0.6 is 35.6 Å². The zero-order valence-corrected chi connectivity index (χ0v) is 17.5. The lowest BCUT2D eigenvalue weighted by Crippen LogP contribution is -2.17. The summed E-state index contributed by atoms with van der Waals surface area (Å²) in [6, 6.07) is 20.1. The van der Waals surface area contributed by atoms with Gasteiger partial charge < -0.3 is 10.1 Å². The number of halogens is 4. The van der Waals surface area contributed by atoms with Crippen molar-refractivity contribution in [3.05, 3.63) is 99.3 Å². The van der Waals surface area contributed by atoms with Crippen LogP contribution in [0.4, 0.5) is 4.39 Å². The van der Waals surface area contributed by atoms with Gasteiger partial charge in [0.25, 0.3) is 0 Å². The van der Waals surface area contributed by atoms with Crippen LogP contribution in [-0.2, 0) is 19.6 Å². The summed E-state index contributed by atoms with van der Waals surface area (Å²) in [4.78, 5) is 0. The number of benzene rings is 3. The third-order valence-corrected chi connectivity index (χ3v) is 4.75. The average Bonchev–Trinajstić information content (AvgIpc) is 2.66. The molecule has 3 aromatic rings. The highest BCUT2D eigenvalue weighted by molar-refractivity contribution is 6.35. The van der Waals surface area contributed by atoms with E-state index in [9.17, 15) is 4.39 Å². The molecule has 1 N–H and O–H groups in total. The second-order valence-electron chi connectivity index (χ2n) is 6.19. The minimum Gasteiger partial charge on any atom is -0.489 e. The van der Waals surface area contributed by atoms with Crippen molar-refractivity contribution in [2.75, 3.05) is 6.54 Å². The molecule has 0 unspecified atom stereocenters. The molecule has 6 heteroatoms. The van der Waals surface area contributed by atoms with Gasteiger partial charge in [-0.2, -0.15) is 0 Å². The van der Waals surface area contributed by atoms with Crippen LogP contribution < -0.4 is 10.1 Å². The van der Waals surface area contributed by atoms with Gasteiger partial charge in [-0.3, -0.25) is 0 Å². The third kappa shape index (κ3) is 6.68. The summed E-state index contributed by atoms with van der Waals surface area (Å²) in [6.45, 7) is 1.76. The summed E-state index contributed by atoms with van der Waals surface area (Å²) < 4.78 is 19.4. The Bertz CT molecular complexity index is 904. The Labute approximate surface area is 181 Å². The zero-order valence-electron chi connectivity index (χ0n) is 15.1. The summed E-state index contributed by atoms with van der Waals surface area (Å²) in [5, 5.41) is 4.53. The smallest absolute Gasteiger partial charge is 0.126 e. The lowest BCUT2D eigenvalue weighted by molar-refractivity contribution is 0.306. The molecule has 28 heavy (non-hydrogen) atoms. The molecule has 2 nitrogen and oxygen atoms in total. The second-order valence-corrected chi connectivity index (χ2v) is 7.03. The normalized spacial score (nSPS) is 10.4. The lowest BCUT2D eigenvalue weighted by Gasteiger charge is -2.10. The van der Waals surface area contributed by atoms with E-state index >= 15 is 0 Å². The van der Waals surface area contributed by atoms with Crippen molar-refractivity contribution < 1.29 is 9.13 Å². The van der Waals surface area contributed by atoms with Gasteiger partial charge in [0.15, 0.2) is 0 Å². The number of hydrogen-bond donors (Lipinski definition) is 1. The van der Waals surface area contributed by atoms with Crippen molar-refractivity contribution in [3.63, 3.8) is 0 Å². The Kier molecular flexibility index (Phi) is 9.07. The van der Waals surface area contributed by atoms with E-state index in [-0.39, 0.29) is 18.2 Å². The lowest BCUT2D eigenvalue weighted by atomic mass is 10.1.